The van der Waals surface area contributed by atoms with Crippen molar-refractivity contribution >= 4 is 16.7 Å². The van der Waals surface area contributed by atoms with E-state index in [0.29, 0.717) is 5.65 Å². The molecule has 8 heteroatoms. The molecule has 27 heavy (non-hydrogen) atoms. The van der Waals surface area contributed by atoms with Crippen molar-refractivity contribution in [3.63, 3.8) is 0 Å². The first kappa shape index (κ1) is 17.9. The van der Waals surface area contributed by atoms with Gasteiger partial charge in [0.1, 0.15) is 30.3 Å². The molecule has 3 aromatic rings. The Labute approximate surface area is 156 Å². The number of aliphatic hydroxyl groups is 3. The van der Waals surface area contributed by atoms with Crippen molar-refractivity contribution < 1.29 is 20.1 Å². The average molecular weight is 370 g/mol. The topological polar surface area (TPSA) is 104 Å². The third-order valence-electron chi connectivity index (χ3n) is 4.96. The molecule has 1 aliphatic heterocycles. The molecule has 1 saturated heterocycles. The molecule has 0 radical (unpaired) electrons. The second-order valence-electron chi connectivity index (χ2n) is 6.85. The minimum atomic E-state index is -1.16. The lowest BCUT2D eigenvalue weighted by Gasteiger charge is -2.17. The molecule has 3 N–H and O–H groups in total. The van der Waals surface area contributed by atoms with E-state index in [1.54, 1.807) is 10.8 Å². The highest BCUT2D eigenvalue weighted by atomic mass is 16.6. The number of aromatic nitrogens is 3. The standard InChI is InChI=1S/C19H22N4O4/c1-22(2)12-5-3-11(4-6-12)15-13-7-8-23(18(13)21-10-20-15)19-17(26)16(25)14(9-24)27-19/h3-8,10,14,16-17,19,24-26H,9H2,1-2H3/t14-,16-,17-,19-/m1/s1. The third-order valence-corrected chi connectivity index (χ3v) is 4.96. The Bertz CT molecular complexity index is 941. The molecule has 0 saturated carbocycles. The van der Waals surface area contributed by atoms with Crippen LogP contribution in [0.3, 0.4) is 0 Å². The van der Waals surface area contributed by atoms with Gasteiger partial charge in [-0.1, -0.05) is 12.1 Å². The van der Waals surface area contributed by atoms with E-state index in [0.717, 1.165) is 22.3 Å². The largest absolute Gasteiger partial charge is 0.394 e. The van der Waals surface area contributed by atoms with Crippen LogP contribution in [-0.2, 0) is 4.74 Å². The molecule has 0 unspecified atom stereocenters. The van der Waals surface area contributed by atoms with E-state index in [4.69, 9.17) is 4.74 Å². The fourth-order valence-corrected chi connectivity index (χ4v) is 3.43. The minimum Gasteiger partial charge on any atom is -0.394 e. The summed E-state index contributed by atoms with van der Waals surface area (Å²) >= 11 is 0. The first-order chi connectivity index (χ1) is 13.0. The highest BCUT2D eigenvalue weighted by Crippen LogP contribution is 2.34. The normalized spacial score (nSPS) is 25.2. The van der Waals surface area contributed by atoms with Crippen molar-refractivity contribution in [3.05, 3.63) is 42.9 Å². The Hall–Kier alpha value is -2.52. The Morgan fingerprint density at radius 2 is 1.81 bits per heavy atom. The molecule has 0 aliphatic carbocycles. The van der Waals surface area contributed by atoms with Crippen LogP contribution >= 0.6 is 0 Å². The summed E-state index contributed by atoms with van der Waals surface area (Å²) < 4.78 is 7.29. The second-order valence-corrected chi connectivity index (χ2v) is 6.85. The molecular weight excluding hydrogens is 348 g/mol. The van der Waals surface area contributed by atoms with E-state index in [9.17, 15) is 15.3 Å². The predicted octanol–water partition coefficient (Wildman–Crippen LogP) is 0.776. The fraction of sp³-hybridized carbons (Fsp3) is 0.368. The molecule has 0 amide bonds. The summed E-state index contributed by atoms with van der Waals surface area (Å²) in [5.41, 5.74) is 3.40. The fourth-order valence-electron chi connectivity index (χ4n) is 3.43. The van der Waals surface area contributed by atoms with Crippen molar-refractivity contribution in [2.45, 2.75) is 24.5 Å². The number of hydrogen-bond donors (Lipinski definition) is 3. The number of rotatable bonds is 4. The van der Waals surface area contributed by atoms with Gasteiger partial charge in [-0.15, -0.1) is 0 Å². The van der Waals surface area contributed by atoms with E-state index >= 15 is 0 Å². The molecule has 0 bridgehead atoms. The maximum absolute atomic E-state index is 10.3. The van der Waals surface area contributed by atoms with E-state index in [1.165, 1.54) is 6.33 Å². The van der Waals surface area contributed by atoms with Crippen molar-refractivity contribution in [2.75, 3.05) is 25.6 Å². The Morgan fingerprint density at radius 1 is 1.07 bits per heavy atom. The van der Waals surface area contributed by atoms with Gasteiger partial charge in [-0.25, -0.2) is 9.97 Å². The Kier molecular flexibility index (Phi) is 4.56. The molecular formula is C19H22N4O4. The van der Waals surface area contributed by atoms with Crippen LogP contribution in [0, 0.1) is 0 Å². The monoisotopic (exact) mass is 370 g/mol. The maximum atomic E-state index is 10.3. The van der Waals surface area contributed by atoms with Crippen LogP contribution in [0.15, 0.2) is 42.9 Å². The second kappa shape index (κ2) is 6.90. The van der Waals surface area contributed by atoms with E-state index < -0.39 is 24.5 Å². The van der Waals surface area contributed by atoms with Gasteiger partial charge in [0.2, 0.25) is 0 Å². The van der Waals surface area contributed by atoms with Gasteiger partial charge in [0.05, 0.1) is 12.3 Å². The van der Waals surface area contributed by atoms with Crippen LogP contribution in [0.25, 0.3) is 22.3 Å². The van der Waals surface area contributed by atoms with Crippen LogP contribution in [-0.4, -0.2) is 68.9 Å². The first-order valence-electron chi connectivity index (χ1n) is 8.73. The summed E-state index contributed by atoms with van der Waals surface area (Å²) in [4.78, 5) is 10.8. The lowest BCUT2D eigenvalue weighted by atomic mass is 10.1. The molecule has 3 heterocycles. The molecule has 2 aromatic heterocycles. The van der Waals surface area contributed by atoms with Gasteiger partial charge in [-0.2, -0.15) is 0 Å². The molecule has 4 atom stereocenters. The molecule has 0 spiro atoms. The van der Waals surface area contributed by atoms with Crippen LogP contribution in [0.5, 0.6) is 0 Å². The zero-order chi connectivity index (χ0) is 19.1. The van der Waals surface area contributed by atoms with Crippen LogP contribution < -0.4 is 4.90 Å². The molecule has 1 fully saturated rings. The lowest BCUT2D eigenvalue weighted by molar-refractivity contribution is -0.0508. The van der Waals surface area contributed by atoms with Gasteiger partial charge in [0, 0.05) is 36.9 Å². The van der Waals surface area contributed by atoms with E-state index in [2.05, 4.69) is 9.97 Å². The summed E-state index contributed by atoms with van der Waals surface area (Å²) in [5, 5.41) is 30.4. The summed E-state index contributed by atoms with van der Waals surface area (Å²) in [6.07, 6.45) is -0.754. The third kappa shape index (κ3) is 2.96. The van der Waals surface area contributed by atoms with Gasteiger partial charge in [0.25, 0.3) is 0 Å². The highest BCUT2D eigenvalue weighted by molar-refractivity contribution is 5.91. The minimum absolute atomic E-state index is 0.369. The van der Waals surface area contributed by atoms with E-state index in [1.807, 2.05) is 49.3 Å². The maximum Gasteiger partial charge on any atom is 0.164 e. The molecule has 1 aliphatic rings. The highest BCUT2D eigenvalue weighted by Gasteiger charge is 2.43. The number of aliphatic hydroxyl groups excluding tert-OH is 3. The predicted molar refractivity (Wildman–Crippen MR) is 100 cm³/mol. The molecule has 1 aromatic carbocycles. The Morgan fingerprint density at radius 3 is 2.44 bits per heavy atom. The van der Waals surface area contributed by atoms with Gasteiger partial charge in [-0.05, 0) is 18.2 Å². The Balaban J connectivity index is 1.74. The molecule has 8 nitrogen and oxygen atoms in total. The first-order valence-corrected chi connectivity index (χ1v) is 8.73. The summed E-state index contributed by atoms with van der Waals surface area (Å²) in [5.74, 6) is 0. The lowest BCUT2D eigenvalue weighted by Crippen LogP contribution is -2.33. The van der Waals surface area contributed by atoms with Crippen molar-refractivity contribution in [1.82, 2.24) is 14.5 Å². The van der Waals surface area contributed by atoms with Crippen molar-refractivity contribution in [1.29, 1.82) is 0 Å². The van der Waals surface area contributed by atoms with Gasteiger partial charge < -0.3 is 29.5 Å². The summed E-state index contributed by atoms with van der Waals surface area (Å²) in [6, 6.07) is 9.90. The van der Waals surface area contributed by atoms with Gasteiger partial charge >= 0.3 is 0 Å². The van der Waals surface area contributed by atoms with Crippen LogP contribution in [0.2, 0.25) is 0 Å². The zero-order valence-electron chi connectivity index (χ0n) is 15.1. The average Bonchev–Trinajstić information content (AvgIpc) is 3.23. The van der Waals surface area contributed by atoms with Gasteiger partial charge in [0.15, 0.2) is 6.23 Å². The molecule has 142 valence electrons. The van der Waals surface area contributed by atoms with Crippen LogP contribution in [0.1, 0.15) is 6.23 Å². The quantitative estimate of drug-likeness (QED) is 0.623. The van der Waals surface area contributed by atoms with Crippen molar-refractivity contribution in [3.8, 4) is 11.3 Å². The number of anilines is 1. The van der Waals surface area contributed by atoms with Crippen LogP contribution in [0.4, 0.5) is 5.69 Å². The van der Waals surface area contributed by atoms with E-state index in [-0.39, 0.29) is 6.61 Å². The number of ether oxygens (including phenoxy) is 1. The SMILES string of the molecule is CN(C)c1ccc(-c2ncnc3c2ccn3[C@@H]2O[C@H](CO)[C@@H](O)[C@H]2O)cc1. The number of fused-ring (bicyclic) bond motifs is 1. The zero-order valence-corrected chi connectivity index (χ0v) is 15.1. The van der Waals surface area contributed by atoms with Crippen molar-refractivity contribution in [2.24, 2.45) is 0 Å². The number of hydrogen-bond acceptors (Lipinski definition) is 7. The number of nitrogens with zero attached hydrogens (tertiary/aromatic N) is 4. The smallest absolute Gasteiger partial charge is 0.164 e. The molecule has 4 rings (SSSR count). The van der Waals surface area contributed by atoms with Gasteiger partial charge in [-0.3, -0.25) is 0 Å². The summed E-state index contributed by atoms with van der Waals surface area (Å²) in [6.45, 7) is -0.369. The summed E-state index contributed by atoms with van der Waals surface area (Å²) in [7, 11) is 3.97. The number of benzene rings is 1.